The molecule has 0 aliphatic carbocycles. The number of piperidine rings is 2. The molecule has 4 aliphatic rings. The number of nitrogens with zero attached hydrogens (tertiary/aromatic N) is 2. The van der Waals surface area contributed by atoms with Gasteiger partial charge in [-0.15, -0.1) is 0 Å². The van der Waals surface area contributed by atoms with Gasteiger partial charge >= 0.3 is 0 Å². The third-order valence-corrected chi connectivity index (χ3v) is 8.83. The number of fused-ring (bicyclic) bond motifs is 1. The van der Waals surface area contributed by atoms with Crippen molar-refractivity contribution in [2.24, 2.45) is 0 Å². The average molecular weight is 483 g/mol. The summed E-state index contributed by atoms with van der Waals surface area (Å²) in [4.78, 5) is 25.5. The van der Waals surface area contributed by atoms with Crippen molar-refractivity contribution in [1.82, 2.24) is 20.2 Å². The zero-order chi connectivity index (χ0) is 22.9. The smallest absolute Gasteiger partial charge is 0.259 e. The maximum Gasteiger partial charge on any atom is 0.259 e. The Labute approximate surface area is 204 Å². The molecule has 3 saturated heterocycles. The highest BCUT2D eigenvalue weighted by molar-refractivity contribution is 8.00. The third-order valence-electron chi connectivity index (χ3n) is 7.63. The largest absolute Gasteiger partial charge is 0.380 e. The summed E-state index contributed by atoms with van der Waals surface area (Å²) in [6.45, 7) is 5.76. The van der Waals surface area contributed by atoms with E-state index in [1.165, 1.54) is 4.90 Å². The highest BCUT2D eigenvalue weighted by Gasteiger charge is 2.32. The normalized spacial score (nSPS) is 27.9. The van der Waals surface area contributed by atoms with Crippen LogP contribution in [0.15, 0.2) is 34.0 Å². The van der Waals surface area contributed by atoms with Crippen molar-refractivity contribution < 1.29 is 4.74 Å². The summed E-state index contributed by atoms with van der Waals surface area (Å²) in [5.74, 6) is 1.87. The van der Waals surface area contributed by atoms with Crippen LogP contribution in [-0.4, -0.2) is 66.3 Å². The SMILES string of the molecule is O=c1[nH]c(C2CCN(C3CCOC3)CC2)nc(NC2CCCNC2)c1C1Nc2ccccc2S1. The van der Waals surface area contributed by atoms with E-state index in [1.54, 1.807) is 11.8 Å². The second-order valence-electron chi connectivity index (χ2n) is 9.87. The zero-order valence-corrected chi connectivity index (χ0v) is 20.3. The molecule has 6 rings (SSSR count). The predicted octanol–water partition coefficient (Wildman–Crippen LogP) is 3.12. The number of anilines is 2. The van der Waals surface area contributed by atoms with E-state index in [2.05, 4.69) is 38.0 Å². The second kappa shape index (κ2) is 9.89. The van der Waals surface area contributed by atoms with E-state index in [9.17, 15) is 4.79 Å². The minimum Gasteiger partial charge on any atom is -0.380 e. The summed E-state index contributed by atoms with van der Waals surface area (Å²) in [7, 11) is 0. The van der Waals surface area contributed by atoms with Gasteiger partial charge in [0.2, 0.25) is 0 Å². The molecule has 9 heteroatoms. The Morgan fingerprint density at radius 1 is 1.15 bits per heavy atom. The van der Waals surface area contributed by atoms with Gasteiger partial charge in [-0.3, -0.25) is 9.69 Å². The van der Waals surface area contributed by atoms with Crippen LogP contribution in [0.1, 0.15) is 54.8 Å². The molecule has 0 amide bonds. The first kappa shape index (κ1) is 22.4. The molecule has 1 aromatic carbocycles. The van der Waals surface area contributed by atoms with Crippen LogP contribution in [0.4, 0.5) is 11.5 Å². The van der Waals surface area contributed by atoms with Gasteiger partial charge in [0.25, 0.3) is 5.56 Å². The Bertz CT molecular complexity index is 1030. The van der Waals surface area contributed by atoms with Gasteiger partial charge in [-0.05, 0) is 63.9 Å². The number of aromatic nitrogens is 2. The van der Waals surface area contributed by atoms with E-state index in [0.717, 1.165) is 88.8 Å². The van der Waals surface area contributed by atoms with Gasteiger partial charge in [-0.25, -0.2) is 4.98 Å². The molecule has 0 bridgehead atoms. The molecule has 3 fully saturated rings. The fourth-order valence-electron chi connectivity index (χ4n) is 5.68. The molecule has 4 N–H and O–H groups in total. The number of para-hydroxylation sites is 1. The molecule has 0 spiro atoms. The van der Waals surface area contributed by atoms with Gasteiger partial charge in [0, 0.05) is 41.7 Å². The molecule has 182 valence electrons. The molecule has 1 aromatic heterocycles. The lowest BCUT2D eigenvalue weighted by Gasteiger charge is -2.35. The summed E-state index contributed by atoms with van der Waals surface area (Å²) < 4.78 is 5.59. The van der Waals surface area contributed by atoms with Gasteiger partial charge in [0.15, 0.2) is 0 Å². The van der Waals surface area contributed by atoms with E-state index in [4.69, 9.17) is 9.72 Å². The molecule has 2 aromatic rings. The molecule has 0 radical (unpaired) electrons. The number of ether oxygens (including phenoxy) is 1. The van der Waals surface area contributed by atoms with Crippen molar-refractivity contribution >= 4 is 23.3 Å². The highest BCUT2D eigenvalue weighted by Crippen LogP contribution is 2.47. The van der Waals surface area contributed by atoms with Gasteiger partial charge < -0.3 is 25.7 Å². The lowest BCUT2D eigenvalue weighted by molar-refractivity contribution is 0.121. The number of nitrogens with one attached hydrogen (secondary N) is 4. The number of hydrogen-bond acceptors (Lipinski definition) is 8. The van der Waals surface area contributed by atoms with E-state index >= 15 is 0 Å². The van der Waals surface area contributed by atoms with Crippen LogP contribution >= 0.6 is 11.8 Å². The minimum atomic E-state index is -0.147. The second-order valence-corrected chi connectivity index (χ2v) is 11.0. The first-order chi connectivity index (χ1) is 16.7. The fraction of sp³-hybridized carbons (Fsp3) is 0.600. The predicted molar refractivity (Wildman–Crippen MR) is 136 cm³/mol. The first-order valence-corrected chi connectivity index (χ1v) is 13.6. The van der Waals surface area contributed by atoms with Crippen molar-refractivity contribution in [3.8, 4) is 0 Å². The fourth-order valence-corrected chi connectivity index (χ4v) is 6.87. The Hall–Kier alpha value is -2.07. The molecule has 3 atom stereocenters. The molecule has 5 heterocycles. The molecule has 8 nitrogen and oxygen atoms in total. The van der Waals surface area contributed by atoms with E-state index in [0.29, 0.717) is 11.6 Å². The standard InChI is InChI=1S/C25H34N6O2S/c32-24-21(25-28-19-5-1-2-6-20(19)34-25)23(27-17-4-3-10-26-14-17)29-22(30-24)16-7-11-31(12-8-16)18-9-13-33-15-18/h1-2,5-6,16-18,25-26,28H,3-4,7-15H2,(H2,27,29,30,32). The summed E-state index contributed by atoms with van der Waals surface area (Å²) in [5.41, 5.74) is 1.76. The number of H-pyrrole nitrogens is 1. The number of likely N-dealkylation sites (tertiary alicyclic amines) is 1. The molecular weight excluding hydrogens is 448 g/mol. The van der Waals surface area contributed by atoms with Gasteiger partial charge in [-0.2, -0.15) is 0 Å². The number of benzene rings is 1. The Morgan fingerprint density at radius 3 is 2.79 bits per heavy atom. The number of rotatable bonds is 5. The number of thioether (sulfide) groups is 1. The highest BCUT2D eigenvalue weighted by atomic mass is 32.2. The topological polar surface area (TPSA) is 94.3 Å². The van der Waals surface area contributed by atoms with E-state index < -0.39 is 0 Å². The Morgan fingerprint density at radius 2 is 2.03 bits per heavy atom. The zero-order valence-electron chi connectivity index (χ0n) is 19.5. The van der Waals surface area contributed by atoms with Crippen molar-refractivity contribution in [1.29, 1.82) is 0 Å². The first-order valence-electron chi connectivity index (χ1n) is 12.7. The number of aromatic amines is 1. The summed E-state index contributed by atoms with van der Waals surface area (Å²) >= 11 is 1.69. The summed E-state index contributed by atoms with van der Waals surface area (Å²) in [6.07, 6.45) is 5.39. The minimum absolute atomic E-state index is 0.0271. The lowest BCUT2D eigenvalue weighted by atomic mass is 9.94. The van der Waals surface area contributed by atoms with Crippen LogP contribution in [0.3, 0.4) is 0 Å². The maximum atomic E-state index is 13.5. The van der Waals surface area contributed by atoms with Crippen LogP contribution in [0.2, 0.25) is 0 Å². The van der Waals surface area contributed by atoms with Gasteiger partial charge in [-0.1, -0.05) is 23.9 Å². The van der Waals surface area contributed by atoms with Crippen molar-refractivity contribution in [3.05, 3.63) is 46.0 Å². The molecule has 0 saturated carbocycles. The molecule has 4 aliphatic heterocycles. The van der Waals surface area contributed by atoms with Crippen LogP contribution in [0.25, 0.3) is 0 Å². The van der Waals surface area contributed by atoms with Crippen LogP contribution in [-0.2, 0) is 4.74 Å². The van der Waals surface area contributed by atoms with Crippen molar-refractivity contribution in [2.75, 3.05) is 50.0 Å². The molecule has 34 heavy (non-hydrogen) atoms. The van der Waals surface area contributed by atoms with Crippen molar-refractivity contribution in [2.45, 2.75) is 60.4 Å². The third kappa shape index (κ3) is 4.58. The maximum absolute atomic E-state index is 13.5. The summed E-state index contributed by atoms with van der Waals surface area (Å²) in [5, 5.41) is 10.5. The van der Waals surface area contributed by atoms with E-state index in [-0.39, 0.29) is 22.9 Å². The molecular formula is C25H34N6O2S. The lowest BCUT2D eigenvalue weighted by Crippen LogP contribution is -2.42. The Balaban J connectivity index is 1.26. The van der Waals surface area contributed by atoms with Crippen molar-refractivity contribution in [3.63, 3.8) is 0 Å². The average Bonchev–Trinajstić information content (AvgIpc) is 3.55. The van der Waals surface area contributed by atoms with Crippen LogP contribution in [0, 0.1) is 0 Å². The van der Waals surface area contributed by atoms with Crippen LogP contribution in [0.5, 0.6) is 0 Å². The quantitative estimate of drug-likeness (QED) is 0.517. The van der Waals surface area contributed by atoms with Crippen LogP contribution < -0.4 is 21.5 Å². The van der Waals surface area contributed by atoms with E-state index in [1.807, 2.05) is 12.1 Å². The Kier molecular flexibility index (Phi) is 6.51. The summed E-state index contributed by atoms with van der Waals surface area (Å²) in [6, 6.07) is 9.07. The monoisotopic (exact) mass is 482 g/mol. The van der Waals surface area contributed by atoms with Gasteiger partial charge in [0.05, 0.1) is 12.2 Å². The number of hydrogen-bond donors (Lipinski definition) is 4. The molecule has 3 unspecified atom stereocenters. The van der Waals surface area contributed by atoms with Gasteiger partial charge in [0.1, 0.15) is 17.0 Å².